The van der Waals surface area contributed by atoms with Crippen molar-refractivity contribution in [3.8, 4) is 5.75 Å². The second-order valence-electron chi connectivity index (χ2n) is 5.51. The summed E-state index contributed by atoms with van der Waals surface area (Å²) in [5, 5.41) is 0. The quantitative estimate of drug-likeness (QED) is 0.754. The molecule has 0 aromatic heterocycles. The Morgan fingerprint density at radius 2 is 1.95 bits per heavy atom. The number of carbonyl (C=O) groups excluding carboxylic acids is 1. The van der Waals surface area contributed by atoms with Gasteiger partial charge in [0.05, 0.1) is 11.7 Å². The van der Waals surface area contributed by atoms with Crippen LogP contribution in [0.4, 0.5) is 4.39 Å². The lowest BCUT2D eigenvalue weighted by Crippen LogP contribution is -2.19. The number of rotatable bonds is 4. The predicted molar refractivity (Wildman–Crippen MR) is 73.1 cm³/mol. The number of carbonyl (C=O) groups is 1. The highest BCUT2D eigenvalue weighted by atomic mass is 19.1. The molecule has 0 aliphatic heterocycles. The zero-order chi connectivity index (χ0) is 13.8. The Hall–Kier alpha value is -1.38. The van der Waals surface area contributed by atoms with Gasteiger partial charge in [-0.3, -0.25) is 4.79 Å². The van der Waals surface area contributed by atoms with Crippen LogP contribution in [0.5, 0.6) is 5.75 Å². The molecule has 0 saturated heterocycles. The summed E-state index contributed by atoms with van der Waals surface area (Å²) in [4.78, 5) is 12.5. The van der Waals surface area contributed by atoms with Crippen LogP contribution in [0.2, 0.25) is 0 Å². The van der Waals surface area contributed by atoms with Gasteiger partial charge >= 0.3 is 0 Å². The molecule has 19 heavy (non-hydrogen) atoms. The van der Waals surface area contributed by atoms with E-state index < -0.39 is 0 Å². The van der Waals surface area contributed by atoms with E-state index in [9.17, 15) is 9.18 Å². The minimum atomic E-state index is -0.379. The van der Waals surface area contributed by atoms with Gasteiger partial charge in [-0.25, -0.2) is 4.39 Å². The van der Waals surface area contributed by atoms with Crippen molar-refractivity contribution in [2.45, 2.75) is 52.1 Å². The van der Waals surface area contributed by atoms with E-state index >= 15 is 0 Å². The van der Waals surface area contributed by atoms with Crippen LogP contribution in [0.25, 0.3) is 0 Å². The van der Waals surface area contributed by atoms with Gasteiger partial charge in [-0.05, 0) is 44.9 Å². The molecule has 1 aromatic carbocycles. The van der Waals surface area contributed by atoms with Crippen molar-refractivity contribution in [2.75, 3.05) is 0 Å². The van der Waals surface area contributed by atoms with Gasteiger partial charge in [-0.15, -0.1) is 0 Å². The second-order valence-corrected chi connectivity index (χ2v) is 5.51. The number of ketones is 1. The fraction of sp³-hybridized carbons (Fsp3) is 0.562. The third-order valence-corrected chi connectivity index (χ3v) is 3.55. The zero-order valence-corrected chi connectivity index (χ0v) is 11.6. The molecule has 1 aliphatic carbocycles. The predicted octanol–water partition coefficient (Wildman–Crippen LogP) is 4.38. The molecule has 1 saturated carbocycles. The largest absolute Gasteiger partial charge is 0.490 e. The van der Waals surface area contributed by atoms with Crippen LogP contribution in [0, 0.1) is 11.7 Å². The maximum Gasteiger partial charge on any atom is 0.169 e. The first-order valence-corrected chi connectivity index (χ1v) is 7.08. The van der Waals surface area contributed by atoms with E-state index in [2.05, 4.69) is 0 Å². The third-order valence-electron chi connectivity index (χ3n) is 3.55. The van der Waals surface area contributed by atoms with Crippen LogP contribution in [0.15, 0.2) is 18.2 Å². The Morgan fingerprint density at radius 1 is 1.26 bits per heavy atom. The molecule has 0 N–H and O–H groups in total. The Kier molecular flexibility index (Phi) is 4.56. The van der Waals surface area contributed by atoms with E-state index in [1.54, 1.807) is 6.07 Å². The number of Topliss-reactive ketones (excluding diaryl/α,β-unsaturated/α-hetero) is 1. The number of ether oxygens (including phenoxy) is 1. The molecule has 0 bridgehead atoms. The summed E-state index contributed by atoms with van der Waals surface area (Å²) in [7, 11) is 0. The van der Waals surface area contributed by atoms with Gasteiger partial charge in [-0.1, -0.05) is 19.3 Å². The summed E-state index contributed by atoms with van der Waals surface area (Å²) in [6.45, 7) is 3.80. The maximum absolute atomic E-state index is 13.4. The smallest absolute Gasteiger partial charge is 0.169 e. The maximum atomic E-state index is 13.4. The molecular formula is C16H21FO2. The first-order valence-electron chi connectivity index (χ1n) is 7.08. The Balaban J connectivity index is 2.25. The lowest BCUT2D eigenvalue weighted by Gasteiger charge is -2.22. The van der Waals surface area contributed by atoms with E-state index in [1.807, 2.05) is 13.8 Å². The fourth-order valence-corrected chi connectivity index (χ4v) is 2.64. The van der Waals surface area contributed by atoms with Gasteiger partial charge in [0.25, 0.3) is 0 Å². The third kappa shape index (κ3) is 3.55. The first kappa shape index (κ1) is 14.0. The van der Waals surface area contributed by atoms with E-state index in [4.69, 9.17) is 4.74 Å². The molecule has 0 radical (unpaired) electrons. The van der Waals surface area contributed by atoms with Crippen LogP contribution in [0.3, 0.4) is 0 Å². The van der Waals surface area contributed by atoms with Crippen LogP contribution < -0.4 is 4.74 Å². The highest BCUT2D eigenvalue weighted by Gasteiger charge is 2.25. The Morgan fingerprint density at radius 3 is 2.58 bits per heavy atom. The summed E-state index contributed by atoms with van der Waals surface area (Å²) in [5.74, 6) is 0.196. The summed E-state index contributed by atoms with van der Waals surface area (Å²) in [5.41, 5.74) is 0.403. The molecule has 104 valence electrons. The molecule has 0 atom stereocenters. The van der Waals surface area contributed by atoms with Crippen molar-refractivity contribution >= 4 is 5.78 Å². The van der Waals surface area contributed by atoms with Gasteiger partial charge in [0, 0.05) is 5.92 Å². The van der Waals surface area contributed by atoms with Crippen molar-refractivity contribution in [1.82, 2.24) is 0 Å². The average molecular weight is 264 g/mol. The SMILES string of the molecule is CC(C)Oc1ccc(F)cc1C(=O)C1CCCCC1. The fourth-order valence-electron chi connectivity index (χ4n) is 2.64. The standard InChI is InChI=1S/C16H21FO2/c1-11(2)19-15-9-8-13(17)10-14(15)16(18)12-6-4-3-5-7-12/h8-12H,3-7H2,1-2H3. The van der Waals surface area contributed by atoms with Crippen molar-refractivity contribution in [3.05, 3.63) is 29.6 Å². The number of benzene rings is 1. The molecule has 3 heteroatoms. The summed E-state index contributed by atoms with van der Waals surface area (Å²) in [6, 6.07) is 4.22. The van der Waals surface area contributed by atoms with Crippen molar-refractivity contribution in [2.24, 2.45) is 5.92 Å². The highest BCUT2D eigenvalue weighted by molar-refractivity contribution is 6.00. The summed E-state index contributed by atoms with van der Waals surface area (Å²) >= 11 is 0. The van der Waals surface area contributed by atoms with Crippen LogP contribution in [-0.2, 0) is 0 Å². The van der Waals surface area contributed by atoms with Gasteiger partial charge in [0.1, 0.15) is 11.6 Å². The topological polar surface area (TPSA) is 26.3 Å². The molecule has 1 aromatic rings. The molecule has 0 amide bonds. The Labute approximate surface area is 114 Å². The lowest BCUT2D eigenvalue weighted by atomic mass is 9.83. The van der Waals surface area contributed by atoms with Crippen molar-refractivity contribution in [1.29, 1.82) is 0 Å². The molecule has 0 heterocycles. The lowest BCUT2D eigenvalue weighted by molar-refractivity contribution is 0.0883. The van der Waals surface area contributed by atoms with Crippen LogP contribution in [0.1, 0.15) is 56.3 Å². The molecule has 1 fully saturated rings. The molecular weight excluding hydrogens is 243 g/mol. The zero-order valence-electron chi connectivity index (χ0n) is 11.6. The van der Waals surface area contributed by atoms with Crippen molar-refractivity contribution in [3.63, 3.8) is 0 Å². The van der Waals surface area contributed by atoms with Gasteiger partial charge in [0.15, 0.2) is 5.78 Å². The Bertz CT molecular complexity index is 448. The molecule has 2 nitrogen and oxygen atoms in total. The number of hydrogen-bond acceptors (Lipinski definition) is 2. The van der Waals surface area contributed by atoms with E-state index in [-0.39, 0.29) is 23.6 Å². The average Bonchev–Trinajstić information content (AvgIpc) is 2.40. The van der Waals surface area contributed by atoms with Crippen molar-refractivity contribution < 1.29 is 13.9 Å². The molecule has 0 unspecified atom stereocenters. The minimum Gasteiger partial charge on any atom is -0.490 e. The second kappa shape index (κ2) is 6.18. The summed E-state index contributed by atoms with van der Waals surface area (Å²) in [6.07, 6.45) is 5.18. The monoisotopic (exact) mass is 264 g/mol. The van der Waals surface area contributed by atoms with Crippen LogP contribution >= 0.6 is 0 Å². The molecule has 2 rings (SSSR count). The summed E-state index contributed by atoms with van der Waals surface area (Å²) < 4.78 is 19.0. The van der Waals surface area contributed by atoms with E-state index in [1.165, 1.54) is 18.6 Å². The molecule has 1 aliphatic rings. The minimum absolute atomic E-state index is 0.0247. The van der Waals surface area contributed by atoms with E-state index in [0.29, 0.717) is 11.3 Å². The van der Waals surface area contributed by atoms with Gasteiger partial charge in [0.2, 0.25) is 0 Å². The normalized spacial score (nSPS) is 16.6. The van der Waals surface area contributed by atoms with Gasteiger partial charge in [-0.2, -0.15) is 0 Å². The number of halogens is 1. The highest BCUT2D eigenvalue weighted by Crippen LogP contribution is 2.31. The van der Waals surface area contributed by atoms with Gasteiger partial charge < -0.3 is 4.74 Å². The van der Waals surface area contributed by atoms with Crippen LogP contribution in [-0.4, -0.2) is 11.9 Å². The van der Waals surface area contributed by atoms with E-state index in [0.717, 1.165) is 25.7 Å². The first-order chi connectivity index (χ1) is 9.08. The number of hydrogen-bond donors (Lipinski definition) is 0. The molecule has 0 spiro atoms.